The largest absolute Gasteiger partial charge is 0.489 e. The lowest BCUT2D eigenvalue weighted by molar-refractivity contribution is -0.120. The minimum Gasteiger partial charge on any atom is -0.489 e. The van der Waals surface area contributed by atoms with Crippen molar-refractivity contribution in [2.75, 3.05) is 6.54 Å². The van der Waals surface area contributed by atoms with Gasteiger partial charge in [0.15, 0.2) is 0 Å². The maximum Gasteiger partial charge on any atom is 0.237 e. The number of amides is 1. The van der Waals surface area contributed by atoms with Gasteiger partial charge in [-0.1, -0.05) is 30.3 Å². The number of carbonyl (C=O) groups is 1. The van der Waals surface area contributed by atoms with Crippen molar-refractivity contribution in [1.82, 2.24) is 10.6 Å². The van der Waals surface area contributed by atoms with E-state index in [4.69, 9.17) is 4.74 Å². The predicted octanol–water partition coefficient (Wildman–Crippen LogP) is 2.55. The lowest BCUT2D eigenvalue weighted by atomic mass is 9.98. The fraction of sp³-hybridized carbons (Fsp3) is 0.316. The topological polar surface area (TPSA) is 50.4 Å². The molecule has 2 aliphatic rings. The molecule has 0 spiro atoms. The number of benzene rings is 2. The molecule has 2 aliphatic heterocycles. The monoisotopic (exact) mass is 326 g/mol. The van der Waals surface area contributed by atoms with Crippen LogP contribution in [0.1, 0.15) is 23.6 Å². The highest BCUT2D eigenvalue weighted by Gasteiger charge is 2.42. The summed E-state index contributed by atoms with van der Waals surface area (Å²) >= 11 is 0. The average molecular weight is 326 g/mol. The summed E-state index contributed by atoms with van der Waals surface area (Å²) in [5, 5.41) is 6.29. The number of ether oxygens (including phenoxy) is 1. The van der Waals surface area contributed by atoms with E-state index in [9.17, 15) is 9.18 Å². The Morgan fingerprint density at radius 1 is 1.12 bits per heavy atom. The maximum absolute atomic E-state index is 13.6. The Balaban J connectivity index is 1.39. The minimum atomic E-state index is -0.255. The smallest absolute Gasteiger partial charge is 0.237 e. The first kappa shape index (κ1) is 15.1. The number of fused-ring (bicyclic) bond motifs is 1. The normalized spacial score (nSPS) is 25.4. The standard InChI is InChI=1S/C19H19FN2O2/c20-16-4-2-1-3-13(16)11-24-15-7-5-12(6-8-15)17-9-14-10-21-19(23)18(14)22-17/h1-8,14,17-18,22H,9-11H2,(H,21,23). The quantitative estimate of drug-likeness (QED) is 0.908. The summed E-state index contributed by atoms with van der Waals surface area (Å²) < 4.78 is 19.2. The van der Waals surface area contributed by atoms with E-state index in [0.717, 1.165) is 18.5 Å². The van der Waals surface area contributed by atoms with E-state index in [0.29, 0.717) is 17.2 Å². The molecule has 24 heavy (non-hydrogen) atoms. The molecule has 2 N–H and O–H groups in total. The first-order chi connectivity index (χ1) is 11.7. The van der Waals surface area contributed by atoms with Crippen LogP contribution in [0.5, 0.6) is 5.75 Å². The van der Waals surface area contributed by atoms with Crippen LogP contribution in [0.2, 0.25) is 0 Å². The molecule has 2 saturated heterocycles. The third-order valence-electron chi connectivity index (χ3n) is 4.85. The molecule has 2 aromatic rings. The van der Waals surface area contributed by atoms with Crippen LogP contribution in [0.25, 0.3) is 0 Å². The van der Waals surface area contributed by atoms with Gasteiger partial charge in [0.25, 0.3) is 0 Å². The van der Waals surface area contributed by atoms with E-state index in [2.05, 4.69) is 10.6 Å². The zero-order chi connectivity index (χ0) is 16.5. The van der Waals surface area contributed by atoms with Crippen LogP contribution in [0.15, 0.2) is 48.5 Å². The van der Waals surface area contributed by atoms with Crippen LogP contribution in [0.3, 0.4) is 0 Å². The van der Waals surface area contributed by atoms with Crippen LogP contribution in [-0.2, 0) is 11.4 Å². The summed E-state index contributed by atoms with van der Waals surface area (Å²) in [5.74, 6) is 0.929. The number of hydrogen-bond acceptors (Lipinski definition) is 3. The molecule has 2 fully saturated rings. The lowest BCUT2D eigenvalue weighted by Crippen LogP contribution is -2.35. The van der Waals surface area contributed by atoms with E-state index in [1.807, 2.05) is 24.3 Å². The molecule has 124 valence electrons. The van der Waals surface area contributed by atoms with Gasteiger partial charge >= 0.3 is 0 Å². The van der Waals surface area contributed by atoms with Crippen LogP contribution in [0, 0.1) is 11.7 Å². The van der Waals surface area contributed by atoms with Gasteiger partial charge in [0.05, 0.1) is 6.04 Å². The van der Waals surface area contributed by atoms with Crippen molar-refractivity contribution in [3.63, 3.8) is 0 Å². The summed E-state index contributed by atoms with van der Waals surface area (Å²) in [4.78, 5) is 11.7. The van der Waals surface area contributed by atoms with E-state index in [1.165, 1.54) is 6.07 Å². The van der Waals surface area contributed by atoms with Gasteiger partial charge in [-0.05, 0) is 30.2 Å². The molecule has 0 saturated carbocycles. The molecule has 0 aromatic heterocycles. The number of nitrogens with one attached hydrogen (secondary N) is 2. The first-order valence-corrected chi connectivity index (χ1v) is 8.20. The molecule has 1 amide bonds. The highest BCUT2D eigenvalue weighted by atomic mass is 19.1. The minimum absolute atomic E-state index is 0.0630. The summed E-state index contributed by atoms with van der Waals surface area (Å²) in [5.41, 5.74) is 1.69. The van der Waals surface area contributed by atoms with Crippen LogP contribution in [-0.4, -0.2) is 18.5 Å². The van der Waals surface area contributed by atoms with E-state index in [-0.39, 0.29) is 30.4 Å². The van der Waals surface area contributed by atoms with Gasteiger partial charge in [0.1, 0.15) is 18.2 Å². The second-order valence-corrected chi connectivity index (χ2v) is 6.39. The van der Waals surface area contributed by atoms with E-state index >= 15 is 0 Å². The number of halogens is 1. The zero-order valence-electron chi connectivity index (χ0n) is 13.2. The SMILES string of the molecule is O=C1NCC2CC(c3ccc(OCc4ccccc4F)cc3)NC12. The fourth-order valence-electron chi connectivity index (χ4n) is 3.50. The van der Waals surface area contributed by atoms with Gasteiger partial charge in [0.2, 0.25) is 5.91 Å². The van der Waals surface area contributed by atoms with Crippen molar-refractivity contribution in [3.05, 3.63) is 65.5 Å². The summed E-state index contributed by atoms with van der Waals surface area (Å²) in [6.07, 6.45) is 0.957. The van der Waals surface area contributed by atoms with Crippen molar-refractivity contribution in [3.8, 4) is 5.75 Å². The summed E-state index contributed by atoms with van der Waals surface area (Å²) in [6, 6.07) is 14.6. The average Bonchev–Trinajstić information content (AvgIpc) is 3.17. The van der Waals surface area contributed by atoms with Crippen LogP contribution < -0.4 is 15.4 Å². The molecular weight excluding hydrogens is 307 g/mol. The van der Waals surface area contributed by atoms with Crippen molar-refractivity contribution in [1.29, 1.82) is 0 Å². The predicted molar refractivity (Wildman–Crippen MR) is 88.0 cm³/mol. The van der Waals surface area contributed by atoms with Gasteiger partial charge in [0, 0.05) is 24.1 Å². The molecule has 2 heterocycles. The van der Waals surface area contributed by atoms with Crippen molar-refractivity contribution in [2.45, 2.75) is 25.1 Å². The molecule has 5 heteroatoms. The summed E-state index contributed by atoms with van der Waals surface area (Å²) in [6.45, 7) is 0.967. The maximum atomic E-state index is 13.6. The van der Waals surface area contributed by atoms with Gasteiger partial charge in [-0.15, -0.1) is 0 Å². The third kappa shape index (κ3) is 2.87. The molecule has 4 rings (SSSR count). The van der Waals surface area contributed by atoms with Gasteiger partial charge in [-0.25, -0.2) is 4.39 Å². The Labute approximate surface area is 140 Å². The highest BCUT2D eigenvalue weighted by molar-refractivity contribution is 5.84. The Morgan fingerprint density at radius 3 is 2.67 bits per heavy atom. The van der Waals surface area contributed by atoms with E-state index in [1.54, 1.807) is 18.2 Å². The number of rotatable bonds is 4. The molecule has 0 aliphatic carbocycles. The van der Waals surface area contributed by atoms with Crippen LogP contribution in [0.4, 0.5) is 4.39 Å². The Bertz CT molecular complexity index is 747. The van der Waals surface area contributed by atoms with Gasteiger partial charge < -0.3 is 10.1 Å². The second kappa shape index (κ2) is 6.24. The molecule has 2 aromatic carbocycles. The molecule has 3 atom stereocenters. The van der Waals surface area contributed by atoms with Gasteiger partial charge in [-0.2, -0.15) is 0 Å². The highest BCUT2D eigenvalue weighted by Crippen LogP contribution is 2.34. The Hall–Kier alpha value is -2.40. The molecule has 4 nitrogen and oxygen atoms in total. The summed E-state index contributed by atoms with van der Waals surface area (Å²) in [7, 11) is 0. The second-order valence-electron chi connectivity index (χ2n) is 6.39. The van der Waals surface area contributed by atoms with Crippen LogP contribution >= 0.6 is 0 Å². The van der Waals surface area contributed by atoms with Gasteiger partial charge in [-0.3, -0.25) is 10.1 Å². The molecular formula is C19H19FN2O2. The molecule has 3 unspecified atom stereocenters. The lowest BCUT2D eigenvalue weighted by Gasteiger charge is -2.14. The molecule has 0 bridgehead atoms. The fourth-order valence-corrected chi connectivity index (χ4v) is 3.50. The zero-order valence-corrected chi connectivity index (χ0v) is 13.2. The van der Waals surface area contributed by atoms with E-state index < -0.39 is 0 Å². The Kier molecular flexibility index (Phi) is 3.94. The third-order valence-corrected chi connectivity index (χ3v) is 4.85. The van der Waals surface area contributed by atoms with Crippen molar-refractivity contribution >= 4 is 5.91 Å². The Morgan fingerprint density at radius 2 is 1.92 bits per heavy atom. The number of carbonyl (C=O) groups excluding carboxylic acids is 1. The van der Waals surface area contributed by atoms with Crippen molar-refractivity contribution < 1.29 is 13.9 Å². The number of hydrogen-bond donors (Lipinski definition) is 2. The first-order valence-electron chi connectivity index (χ1n) is 8.20. The molecule has 0 radical (unpaired) electrons. The van der Waals surface area contributed by atoms with Crippen molar-refractivity contribution in [2.24, 2.45) is 5.92 Å².